The fourth-order valence-electron chi connectivity index (χ4n) is 2.20. The average Bonchev–Trinajstić information content (AvgIpc) is 2.34. The molecule has 0 unspecified atom stereocenters. The fourth-order valence-corrected chi connectivity index (χ4v) is 2.20. The van der Waals surface area contributed by atoms with E-state index in [1.807, 2.05) is 24.3 Å². The van der Waals surface area contributed by atoms with Crippen molar-refractivity contribution in [1.29, 1.82) is 0 Å². The second-order valence-corrected chi connectivity index (χ2v) is 4.13. The minimum absolute atomic E-state index is 0.805. The molecule has 0 fully saturated rings. The smallest absolute Gasteiger partial charge is 0.0432 e. The zero-order chi connectivity index (χ0) is 12.3. The number of fused-ring (bicyclic) bond motifs is 1. The molecule has 86 valence electrons. The summed E-state index contributed by atoms with van der Waals surface area (Å²) in [5.41, 5.74) is 9.55. The van der Waals surface area contributed by atoms with Crippen LogP contribution in [0, 0.1) is 0 Å². The average molecular weight is 223 g/mol. The second kappa shape index (κ2) is 4.88. The molecule has 0 amide bonds. The number of hydrogen-bond donors (Lipinski definition) is 1. The lowest BCUT2D eigenvalue weighted by Gasteiger charge is -2.13. The Hall–Kier alpha value is -2.02. The summed E-state index contributed by atoms with van der Waals surface area (Å²) >= 11 is 0. The molecule has 0 aliphatic carbocycles. The van der Waals surface area contributed by atoms with Crippen molar-refractivity contribution in [1.82, 2.24) is 0 Å². The Morgan fingerprint density at radius 3 is 2.47 bits per heavy atom. The zero-order valence-corrected chi connectivity index (χ0v) is 9.95. The van der Waals surface area contributed by atoms with E-state index in [-0.39, 0.29) is 0 Å². The van der Waals surface area contributed by atoms with Gasteiger partial charge >= 0.3 is 0 Å². The van der Waals surface area contributed by atoms with E-state index in [4.69, 9.17) is 5.73 Å². The summed E-state index contributed by atoms with van der Waals surface area (Å²) in [7, 11) is 0. The Morgan fingerprint density at radius 2 is 1.76 bits per heavy atom. The second-order valence-electron chi connectivity index (χ2n) is 4.13. The highest BCUT2D eigenvalue weighted by molar-refractivity contribution is 5.95. The van der Waals surface area contributed by atoms with E-state index in [1.165, 1.54) is 16.5 Å². The van der Waals surface area contributed by atoms with Gasteiger partial charge < -0.3 is 5.73 Å². The minimum Gasteiger partial charge on any atom is -0.398 e. The van der Waals surface area contributed by atoms with Crippen LogP contribution in [-0.2, 0) is 12.8 Å². The van der Waals surface area contributed by atoms with Crippen LogP contribution in [0.1, 0.15) is 11.1 Å². The van der Waals surface area contributed by atoms with Gasteiger partial charge in [-0.2, -0.15) is 0 Å². The van der Waals surface area contributed by atoms with Gasteiger partial charge in [0, 0.05) is 11.1 Å². The van der Waals surface area contributed by atoms with Gasteiger partial charge in [0.05, 0.1) is 0 Å². The highest BCUT2D eigenvalue weighted by atomic mass is 14.6. The number of rotatable bonds is 4. The van der Waals surface area contributed by atoms with E-state index < -0.39 is 0 Å². The van der Waals surface area contributed by atoms with Crippen LogP contribution in [-0.4, -0.2) is 0 Å². The van der Waals surface area contributed by atoms with E-state index in [9.17, 15) is 0 Å². The molecule has 2 rings (SSSR count). The number of nitrogen functional groups attached to an aromatic ring is 1. The molecule has 0 saturated heterocycles. The molecule has 0 aliphatic rings. The summed E-state index contributed by atoms with van der Waals surface area (Å²) in [5.74, 6) is 0. The molecule has 2 N–H and O–H groups in total. The number of anilines is 1. The summed E-state index contributed by atoms with van der Waals surface area (Å²) < 4.78 is 0. The largest absolute Gasteiger partial charge is 0.398 e. The molecular formula is C16H17N. The Balaban J connectivity index is 2.73. The van der Waals surface area contributed by atoms with Crippen LogP contribution in [0.25, 0.3) is 10.8 Å². The summed E-state index contributed by atoms with van der Waals surface area (Å²) in [6.07, 6.45) is 5.46. The molecule has 0 saturated carbocycles. The first-order valence-corrected chi connectivity index (χ1v) is 5.78. The molecule has 2 aromatic carbocycles. The normalized spacial score (nSPS) is 10.4. The third-order valence-corrected chi connectivity index (χ3v) is 3.01. The van der Waals surface area contributed by atoms with Crippen molar-refractivity contribution >= 4 is 16.5 Å². The molecule has 0 radical (unpaired) electrons. The molecule has 17 heavy (non-hydrogen) atoms. The van der Waals surface area contributed by atoms with Crippen molar-refractivity contribution in [2.75, 3.05) is 5.73 Å². The lowest BCUT2D eigenvalue weighted by atomic mass is 9.94. The van der Waals surface area contributed by atoms with Gasteiger partial charge in [-0.15, -0.1) is 13.2 Å². The van der Waals surface area contributed by atoms with Gasteiger partial charge in [0.25, 0.3) is 0 Å². The molecule has 1 nitrogen and oxygen atoms in total. The first-order chi connectivity index (χ1) is 8.27. The van der Waals surface area contributed by atoms with Gasteiger partial charge in [-0.05, 0) is 29.4 Å². The van der Waals surface area contributed by atoms with Crippen LogP contribution in [0.2, 0.25) is 0 Å². The van der Waals surface area contributed by atoms with Crippen molar-refractivity contribution in [3.63, 3.8) is 0 Å². The van der Waals surface area contributed by atoms with E-state index >= 15 is 0 Å². The lowest BCUT2D eigenvalue weighted by Crippen LogP contribution is -2.00. The monoisotopic (exact) mass is 223 g/mol. The van der Waals surface area contributed by atoms with Gasteiger partial charge in [0.1, 0.15) is 0 Å². The van der Waals surface area contributed by atoms with Crippen molar-refractivity contribution < 1.29 is 0 Å². The molecule has 1 heteroatoms. The molecular weight excluding hydrogens is 206 g/mol. The standard InChI is InChI=1S/C16H17N/c1-3-7-12-11-13-9-5-6-10-15(13)16(17)14(12)8-4-2/h3-6,9-11H,1-2,7-8,17H2. The predicted molar refractivity (Wildman–Crippen MR) is 76.2 cm³/mol. The third-order valence-electron chi connectivity index (χ3n) is 3.01. The minimum atomic E-state index is 0.805. The van der Waals surface area contributed by atoms with E-state index in [2.05, 4.69) is 31.4 Å². The van der Waals surface area contributed by atoms with Gasteiger partial charge in [-0.1, -0.05) is 42.5 Å². The van der Waals surface area contributed by atoms with E-state index in [0.717, 1.165) is 23.9 Å². The van der Waals surface area contributed by atoms with Gasteiger partial charge in [0.2, 0.25) is 0 Å². The zero-order valence-electron chi connectivity index (χ0n) is 9.95. The van der Waals surface area contributed by atoms with Crippen molar-refractivity contribution in [3.8, 4) is 0 Å². The van der Waals surface area contributed by atoms with Crippen molar-refractivity contribution in [2.45, 2.75) is 12.8 Å². The van der Waals surface area contributed by atoms with Crippen LogP contribution in [0.15, 0.2) is 55.6 Å². The van der Waals surface area contributed by atoms with E-state index in [0.29, 0.717) is 0 Å². The molecule has 0 spiro atoms. The Morgan fingerprint density at radius 1 is 1.06 bits per heavy atom. The predicted octanol–water partition coefficient (Wildman–Crippen LogP) is 3.88. The number of hydrogen-bond acceptors (Lipinski definition) is 1. The molecule has 0 bridgehead atoms. The van der Waals surface area contributed by atoms with E-state index in [1.54, 1.807) is 0 Å². The number of nitrogens with two attached hydrogens (primary N) is 1. The highest BCUT2D eigenvalue weighted by Crippen LogP contribution is 2.29. The molecule has 2 aromatic rings. The van der Waals surface area contributed by atoms with Crippen LogP contribution >= 0.6 is 0 Å². The third kappa shape index (κ3) is 2.09. The van der Waals surface area contributed by atoms with Crippen LogP contribution in [0.3, 0.4) is 0 Å². The SMILES string of the molecule is C=CCc1cc2ccccc2c(N)c1CC=C. The summed E-state index contributed by atoms with van der Waals surface area (Å²) in [6.45, 7) is 7.60. The Labute approximate surface area is 102 Å². The lowest BCUT2D eigenvalue weighted by molar-refractivity contribution is 1.17. The summed E-state index contributed by atoms with van der Waals surface area (Å²) in [5, 5.41) is 2.31. The van der Waals surface area contributed by atoms with Gasteiger partial charge in [-0.3, -0.25) is 0 Å². The van der Waals surface area contributed by atoms with Crippen LogP contribution < -0.4 is 5.73 Å². The molecule has 0 heterocycles. The maximum atomic E-state index is 6.25. The first kappa shape index (κ1) is 11.5. The first-order valence-electron chi connectivity index (χ1n) is 5.78. The Kier molecular flexibility index (Phi) is 3.29. The van der Waals surface area contributed by atoms with Crippen molar-refractivity contribution in [3.05, 3.63) is 66.8 Å². The summed E-state index contributed by atoms with van der Waals surface area (Å²) in [6, 6.07) is 10.4. The van der Waals surface area contributed by atoms with Crippen LogP contribution in [0.5, 0.6) is 0 Å². The van der Waals surface area contributed by atoms with Crippen LogP contribution in [0.4, 0.5) is 5.69 Å². The molecule has 0 aromatic heterocycles. The maximum absolute atomic E-state index is 6.25. The van der Waals surface area contributed by atoms with Crippen molar-refractivity contribution in [2.24, 2.45) is 0 Å². The maximum Gasteiger partial charge on any atom is 0.0432 e. The number of allylic oxidation sites excluding steroid dienone is 2. The fraction of sp³-hybridized carbons (Fsp3) is 0.125. The Bertz CT molecular complexity index is 567. The highest BCUT2D eigenvalue weighted by Gasteiger charge is 2.08. The van der Waals surface area contributed by atoms with Gasteiger partial charge in [-0.25, -0.2) is 0 Å². The molecule has 0 aliphatic heterocycles. The topological polar surface area (TPSA) is 26.0 Å². The van der Waals surface area contributed by atoms with Gasteiger partial charge in [0.15, 0.2) is 0 Å². The quantitative estimate of drug-likeness (QED) is 0.618. The number of benzene rings is 2. The molecule has 0 atom stereocenters. The summed E-state index contributed by atoms with van der Waals surface area (Å²) in [4.78, 5) is 0.